The smallest absolute Gasteiger partial charge is 0.475 e. The molecule has 1 aliphatic heterocycles. The van der Waals surface area contributed by atoms with E-state index in [1.54, 1.807) is 0 Å². The predicted molar refractivity (Wildman–Crippen MR) is 107 cm³/mol. The number of hydrogen-bond acceptors (Lipinski definition) is 6. The lowest BCUT2D eigenvalue weighted by Gasteiger charge is -2.28. The molecular weight excluding hydrogens is 482 g/mol. The van der Waals surface area contributed by atoms with Crippen molar-refractivity contribution >= 4 is 26.0 Å². The van der Waals surface area contributed by atoms with Gasteiger partial charge in [-0.1, -0.05) is 6.92 Å². The Morgan fingerprint density at radius 1 is 1.09 bits per heavy atom. The Balaban J connectivity index is 0.000000633. The molecule has 0 amide bonds. The molecule has 184 valence electrons. The van der Waals surface area contributed by atoms with Crippen LogP contribution in [-0.2, 0) is 24.8 Å². The number of alkyl halides is 3. The van der Waals surface area contributed by atoms with Crippen molar-refractivity contribution in [3.8, 4) is 0 Å². The first-order valence-electron chi connectivity index (χ1n) is 9.46. The summed E-state index contributed by atoms with van der Waals surface area (Å²) in [7, 11) is -7.38. The van der Waals surface area contributed by atoms with E-state index in [9.17, 15) is 34.4 Å². The third kappa shape index (κ3) is 8.61. The zero-order valence-electron chi connectivity index (χ0n) is 17.2. The highest BCUT2D eigenvalue weighted by molar-refractivity contribution is 7.90. The highest BCUT2D eigenvalue weighted by Gasteiger charge is 2.38. The number of nitrogens with one attached hydrogen (secondary N) is 1. The number of rotatable bonds is 8. The summed E-state index contributed by atoms with van der Waals surface area (Å²) in [6.07, 6.45) is -4.53. The van der Waals surface area contributed by atoms with Crippen LogP contribution < -0.4 is 5.32 Å². The van der Waals surface area contributed by atoms with Crippen molar-refractivity contribution in [3.05, 3.63) is 30.1 Å². The number of halogens is 4. The van der Waals surface area contributed by atoms with Crippen molar-refractivity contribution in [1.29, 1.82) is 0 Å². The molecule has 9 nitrogen and oxygen atoms in total. The van der Waals surface area contributed by atoms with Crippen LogP contribution in [-0.4, -0.2) is 87.7 Å². The van der Waals surface area contributed by atoms with Gasteiger partial charge in [-0.2, -0.15) is 21.8 Å². The Bertz CT molecular complexity index is 947. The zero-order chi connectivity index (χ0) is 24.6. The summed E-state index contributed by atoms with van der Waals surface area (Å²) in [6.45, 7) is 3.85. The number of nitrogens with zero attached hydrogens (tertiary/aromatic N) is 2. The number of hydrogen-bond donors (Lipinski definition) is 2. The van der Waals surface area contributed by atoms with Crippen molar-refractivity contribution in [2.75, 3.05) is 45.0 Å². The van der Waals surface area contributed by atoms with Crippen LogP contribution in [0.4, 0.5) is 17.6 Å². The molecule has 1 fully saturated rings. The predicted octanol–water partition coefficient (Wildman–Crippen LogP) is 1.09. The minimum atomic E-state index is -5.08. The van der Waals surface area contributed by atoms with E-state index in [2.05, 4.69) is 5.32 Å². The molecule has 2 N–H and O–H groups in total. The Morgan fingerprint density at radius 3 is 2.03 bits per heavy atom. The highest BCUT2D eigenvalue weighted by Crippen LogP contribution is 2.17. The quantitative estimate of drug-likeness (QED) is 0.505. The van der Waals surface area contributed by atoms with E-state index in [1.165, 1.54) is 16.4 Å². The van der Waals surface area contributed by atoms with Gasteiger partial charge in [-0.25, -0.2) is 26.0 Å². The highest BCUT2D eigenvalue weighted by atomic mass is 32.2. The Kier molecular flexibility index (Phi) is 10.5. The number of sulfonamides is 2. The summed E-state index contributed by atoms with van der Waals surface area (Å²) in [5.41, 5.74) is 0. The second-order valence-corrected chi connectivity index (χ2v) is 10.7. The van der Waals surface area contributed by atoms with Gasteiger partial charge >= 0.3 is 12.1 Å². The van der Waals surface area contributed by atoms with E-state index in [0.29, 0.717) is 32.6 Å². The van der Waals surface area contributed by atoms with E-state index in [0.717, 1.165) is 16.4 Å². The molecule has 1 heterocycles. The number of piperazine rings is 1. The van der Waals surface area contributed by atoms with E-state index in [1.807, 2.05) is 6.92 Å². The number of carboxylic acids is 1. The topological polar surface area (TPSA) is 124 Å². The zero-order valence-corrected chi connectivity index (χ0v) is 18.8. The fourth-order valence-corrected chi connectivity index (χ4v) is 5.72. The summed E-state index contributed by atoms with van der Waals surface area (Å²) in [4.78, 5) is 8.86. The lowest BCUT2D eigenvalue weighted by atomic mass is 10.4. The second-order valence-electron chi connectivity index (χ2n) is 6.63. The third-order valence-electron chi connectivity index (χ3n) is 4.23. The Hall–Kier alpha value is -1.81. The molecule has 0 aliphatic carbocycles. The summed E-state index contributed by atoms with van der Waals surface area (Å²) in [5, 5.41) is 10.2. The van der Waals surface area contributed by atoms with Gasteiger partial charge < -0.3 is 10.4 Å². The number of aliphatic carboxylic acids is 1. The summed E-state index contributed by atoms with van der Waals surface area (Å²) in [5.74, 6) is -3.55. The molecule has 0 saturated carbocycles. The van der Waals surface area contributed by atoms with Crippen LogP contribution in [0.2, 0.25) is 0 Å². The number of carboxylic acid groups (broad SMARTS) is 1. The first kappa shape index (κ1) is 28.2. The van der Waals surface area contributed by atoms with Crippen molar-refractivity contribution < 1.29 is 44.3 Å². The maximum Gasteiger partial charge on any atom is 0.490 e. The molecule has 0 aromatic heterocycles. The van der Waals surface area contributed by atoms with E-state index >= 15 is 0 Å². The largest absolute Gasteiger partial charge is 0.490 e. The van der Waals surface area contributed by atoms with Crippen LogP contribution in [0.3, 0.4) is 0 Å². The molecule has 1 aromatic rings. The standard InChI is InChI=1S/C15H24FN3O4S2.C2HF3O2/c1-2-9-19(25(22,23)15-5-3-14(16)4-6-15)12-13-24(20,21)18-10-7-17-8-11-18;3-2(4,5)1(6)7/h3-6,17H,2,7-13H2,1H3;(H,6,7). The van der Waals surface area contributed by atoms with Crippen molar-refractivity contribution in [2.45, 2.75) is 24.4 Å². The van der Waals surface area contributed by atoms with Gasteiger partial charge in [0, 0.05) is 39.3 Å². The van der Waals surface area contributed by atoms with E-state index < -0.39 is 38.0 Å². The molecule has 1 aromatic carbocycles. The van der Waals surface area contributed by atoms with Crippen LogP contribution in [0.25, 0.3) is 0 Å². The second kappa shape index (κ2) is 11.9. The Morgan fingerprint density at radius 2 is 1.59 bits per heavy atom. The number of carbonyl (C=O) groups is 1. The normalized spacial score (nSPS) is 15.8. The maximum absolute atomic E-state index is 13.0. The van der Waals surface area contributed by atoms with Gasteiger partial charge in [-0.3, -0.25) is 0 Å². The van der Waals surface area contributed by atoms with E-state index in [-0.39, 0.29) is 23.7 Å². The molecule has 0 atom stereocenters. The molecule has 0 radical (unpaired) electrons. The Labute approximate surface area is 184 Å². The average molecular weight is 508 g/mol. The van der Waals surface area contributed by atoms with Crippen molar-refractivity contribution in [1.82, 2.24) is 13.9 Å². The van der Waals surface area contributed by atoms with Gasteiger partial charge in [0.2, 0.25) is 20.0 Å². The van der Waals surface area contributed by atoms with Crippen LogP contribution >= 0.6 is 0 Å². The molecule has 1 aliphatic rings. The minimum Gasteiger partial charge on any atom is -0.475 e. The minimum absolute atomic E-state index is 0.0399. The molecule has 1 saturated heterocycles. The monoisotopic (exact) mass is 507 g/mol. The van der Waals surface area contributed by atoms with Gasteiger partial charge in [-0.15, -0.1) is 0 Å². The molecular formula is C17H25F4N3O6S2. The molecule has 15 heteroatoms. The molecule has 0 unspecified atom stereocenters. The first-order valence-corrected chi connectivity index (χ1v) is 12.5. The van der Waals surface area contributed by atoms with Crippen LogP contribution in [0, 0.1) is 5.82 Å². The summed E-state index contributed by atoms with van der Waals surface area (Å²) >= 11 is 0. The lowest BCUT2D eigenvalue weighted by Crippen LogP contribution is -2.48. The SMILES string of the molecule is CCCN(CCS(=O)(=O)N1CCNCC1)S(=O)(=O)c1ccc(F)cc1.O=C(O)C(F)(F)F. The lowest BCUT2D eigenvalue weighted by molar-refractivity contribution is -0.192. The van der Waals surface area contributed by atoms with Crippen molar-refractivity contribution in [3.63, 3.8) is 0 Å². The van der Waals surface area contributed by atoms with Gasteiger partial charge in [0.05, 0.1) is 10.6 Å². The fourth-order valence-electron chi connectivity index (χ4n) is 2.63. The fraction of sp³-hybridized carbons (Fsp3) is 0.588. The first-order chi connectivity index (χ1) is 14.7. The van der Waals surface area contributed by atoms with E-state index in [4.69, 9.17) is 9.90 Å². The van der Waals surface area contributed by atoms with Gasteiger partial charge in [0.1, 0.15) is 5.82 Å². The van der Waals surface area contributed by atoms with Gasteiger partial charge in [0.15, 0.2) is 0 Å². The van der Waals surface area contributed by atoms with Crippen LogP contribution in [0.15, 0.2) is 29.2 Å². The summed E-state index contributed by atoms with van der Waals surface area (Å²) < 4.78 is 97.6. The summed E-state index contributed by atoms with van der Waals surface area (Å²) in [6, 6.07) is 4.54. The van der Waals surface area contributed by atoms with Crippen molar-refractivity contribution in [2.24, 2.45) is 0 Å². The molecule has 0 bridgehead atoms. The number of benzene rings is 1. The maximum atomic E-state index is 13.0. The average Bonchev–Trinajstić information content (AvgIpc) is 2.71. The third-order valence-corrected chi connectivity index (χ3v) is 8.00. The van der Waals surface area contributed by atoms with Crippen LogP contribution in [0.1, 0.15) is 13.3 Å². The molecule has 0 spiro atoms. The van der Waals surface area contributed by atoms with Gasteiger partial charge in [-0.05, 0) is 30.7 Å². The molecule has 32 heavy (non-hydrogen) atoms. The molecule has 2 rings (SSSR count). The van der Waals surface area contributed by atoms with Crippen LogP contribution in [0.5, 0.6) is 0 Å². The van der Waals surface area contributed by atoms with Gasteiger partial charge in [0.25, 0.3) is 0 Å².